The Kier molecular flexibility index (Phi) is 9.27. The second-order valence-electron chi connectivity index (χ2n) is 6.00. The number of hydrogen-bond acceptors (Lipinski definition) is 4. The molecule has 0 aromatic heterocycles. The second-order valence-corrected chi connectivity index (χ2v) is 7.15. The van der Waals surface area contributed by atoms with E-state index >= 15 is 0 Å². The van der Waals surface area contributed by atoms with Gasteiger partial charge in [-0.1, -0.05) is 6.07 Å². The van der Waals surface area contributed by atoms with E-state index in [0.717, 1.165) is 18.1 Å². The summed E-state index contributed by atoms with van der Waals surface area (Å²) in [5.74, 6) is 0.931. The van der Waals surface area contributed by atoms with Crippen LogP contribution in [0, 0.1) is 11.6 Å². The zero-order valence-electron chi connectivity index (χ0n) is 13.7. The number of rotatable bonds is 4. The average Bonchev–Trinajstić information content (AvgIpc) is 2.96. The Morgan fingerprint density at radius 2 is 2.04 bits per heavy atom. The van der Waals surface area contributed by atoms with E-state index in [9.17, 15) is 13.6 Å². The van der Waals surface area contributed by atoms with Crippen molar-refractivity contribution in [1.29, 1.82) is 0 Å². The van der Waals surface area contributed by atoms with E-state index in [-0.39, 0.29) is 48.5 Å². The maximum absolute atomic E-state index is 13.8. The summed E-state index contributed by atoms with van der Waals surface area (Å²) in [5, 5.41) is 6.32. The maximum atomic E-state index is 13.8. The van der Waals surface area contributed by atoms with Crippen LogP contribution in [0.1, 0.15) is 12.8 Å². The first kappa shape index (κ1) is 22.3. The van der Waals surface area contributed by atoms with Crippen molar-refractivity contribution >= 4 is 48.2 Å². The predicted molar refractivity (Wildman–Crippen MR) is 103 cm³/mol. The summed E-state index contributed by atoms with van der Waals surface area (Å²) in [6.07, 6.45) is 1.16. The summed E-state index contributed by atoms with van der Waals surface area (Å²) in [6.45, 7) is 1.92. The van der Waals surface area contributed by atoms with Crippen LogP contribution in [0.5, 0.6) is 0 Å². The molecule has 0 radical (unpaired) electrons. The van der Waals surface area contributed by atoms with Crippen molar-refractivity contribution in [2.45, 2.75) is 24.9 Å². The Balaban J connectivity index is 0.00000156. The number of benzene rings is 1. The van der Waals surface area contributed by atoms with Gasteiger partial charge in [0.1, 0.15) is 17.3 Å². The standard InChI is InChI=1S/C16H21F2N3OS.2ClH/c17-13-2-1-3-14(18)16(13)21-6-4-11(9-21)20-15(22)8-12-10-23-7-5-19-12;;/h1-3,11-12,19H,4-10H2,(H,20,22);2*1H. The van der Waals surface area contributed by atoms with Gasteiger partial charge in [-0.15, -0.1) is 24.8 Å². The summed E-state index contributed by atoms with van der Waals surface area (Å²) in [7, 11) is 0. The van der Waals surface area contributed by atoms with Gasteiger partial charge in [-0.2, -0.15) is 11.8 Å². The highest BCUT2D eigenvalue weighted by Gasteiger charge is 2.28. The minimum atomic E-state index is -0.555. The van der Waals surface area contributed by atoms with Crippen LogP contribution in [0.3, 0.4) is 0 Å². The molecule has 1 aromatic rings. The molecule has 3 rings (SSSR count). The Hall–Kier alpha value is -0.760. The van der Waals surface area contributed by atoms with Crippen LogP contribution in [0.4, 0.5) is 14.5 Å². The van der Waals surface area contributed by atoms with E-state index in [2.05, 4.69) is 10.6 Å². The van der Waals surface area contributed by atoms with Gasteiger partial charge in [0, 0.05) is 49.6 Å². The van der Waals surface area contributed by atoms with Crippen LogP contribution in [0.25, 0.3) is 0 Å². The third-order valence-corrected chi connectivity index (χ3v) is 5.37. The zero-order valence-corrected chi connectivity index (χ0v) is 16.1. The number of hydrogen-bond donors (Lipinski definition) is 2. The molecule has 2 aliphatic rings. The Bertz CT molecular complexity index is 556. The molecule has 4 nitrogen and oxygen atoms in total. The maximum Gasteiger partial charge on any atom is 0.221 e. The highest BCUT2D eigenvalue weighted by molar-refractivity contribution is 7.99. The van der Waals surface area contributed by atoms with E-state index in [4.69, 9.17) is 0 Å². The van der Waals surface area contributed by atoms with Crippen LogP contribution in [-0.2, 0) is 4.79 Å². The number of para-hydroxylation sites is 1. The number of nitrogens with zero attached hydrogens (tertiary/aromatic N) is 1. The van der Waals surface area contributed by atoms with Crippen molar-refractivity contribution < 1.29 is 13.6 Å². The fourth-order valence-electron chi connectivity index (χ4n) is 3.13. The van der Waals surface area contributed by atoms with Gasteiger partial charge in [0.05, 0.1) is 0 Å². The fraction of sp³-hybridized carbons (Fsp3) is 0.562. The smallest absolute Gasteiger partial charge is 0.221 e. The van der Waals surface area contributed by atoms with Gasteiger partial charge in [-0.3, -0.25) is 4.79 Å². The summed E-state index contributed by atoms with van der Waals surface area (Å²) >= 11 is 1.85. The molecule has 2 fully saturated rings. The van der Waals surface area contributed by atoms with Crippen LogP contribution < -0.4 is 15.5 Å². The summed E-state index contributed by atoms with van der Waals surface area (Å²) in [4.78, 5) is 13.8. The molecule has 0 saturated carbocycles. The SMILES string of the molecule is Cl.Cl.O=C(CC1CSCCN1)NC1CCN(c2c(F)cccc2F)C1. The van der Waals surface area contributed by atoms with E-state index in [1.165, 1.54) is 18.2 Å². The highest BCUT2D eigenvalue weighted by Crippen LogP contribution is 2.26. The number of thioether (sulfide) groups is 1. The van der Waals surface area contributed by atoms with Crippen LogP contribution in [-0.4, -0.2) is 49.1 Å². The van der Waals surface area contributed by atoms with Gasteiger partial charge in [0.25, 0.3) is 0 Å². The largest absolute Gasteiger partial charge is 0.365 e. The summed E-state index contributed by atoms with van der Waals surface area (Å²) in [5.41, 5.74) is 0.00889. The molecule has 2 aliphatic heterocycles. The van der Waals surface area contributed by atoms with Gasteiger partial charge < -0.3 is 15.5 Å². The average molecular weight is 414 g/mol. The van der Waals surface area contributed by atoms with Crippen molar-refractivity contribution in [2.75, 3.05) is 36.0 Å². The Morgan fingerprint density at radius 3 is 2.68 bits per heavy atom. The number of amides is 1. The number of carbonyl (C=O) groups is 1. The molecule has 2 atom stereocenters. The van der Waals surface area contributed by atoms with Crippen molar-refractivity contribution in [3.63, 3.8) is 0 Å². The van der Waals surface area contributed by atoms with Crippen LogP contribution >= 0.6 is 36.6 Å². The first-order chi connectivity index (χ1) is 11.1. The fourth-order valence-corrected chi connectivity index (χ4v) is 4.08. The molecule has 2 heterocycles. The monoisotopic (exact) mass is 413 g/mol. The van der Waals surface area contributed by atoms with Gasteiger partial charge in [0.15, 0.2) is 0 Å². The lowest BCUT2D eigenvalue weighted by Crippen LogP contribution is -2.44. The Morgan fingerprint density at radius 1 is 1.32 bits per heavy atom. The molecule has 0 spiro atoms. The normalized spacial score (nSPS) is 22.7. The number of carbonyl (C=O) groups excluding carboxylic acids is 1. The number of halogens is 4. The van der Waals surface area contributed by atoms with Crippen molar-refractivity contribution in [3.8, 4) is 0 Å². The molecule has 2 unspecified atom stereocenters. The van der Waals surface area contributed by atoms with Gasteiger partial charge in [0.2, 0.25) is 5.91 Å². The lowest BCUT2D eigenvalue weighted by atomic mass is 10.2. The molecule has 9 heteroatoms. The molecule has 142 valence electrons. The van der Waals surface area contributed by atoms with Gasteiger partial charge in [-0.25, -0.2) is 8.78 Å². The molecule has 2 N–H and O–H groups in total. The summed E-state index contributed by atoms with van der Waals surface area (Å²) in [6, 6.07) is 4.04. The molecule has 0 bridgehead atoms. The lowest BCUT2D eigenvalue weighted by Gasteiger charge is -2.24. The van der Waals surface area contributed by atoms with Crippen LogP contribution in [0.2, 0.25) is 0 Å². The Labute approximate surface area is 163 Å². The third-order valence-electron chi connectivity index (χ3n) is 4.24. The number of nitrogens with one attached hydrogen (secondary N) is 2. The quantitative estimate of drug-likeness (QED) is 0.795. The van der Waals surface area contributed by atoms with Crippen molar-refractivity contribution in [2.24, 2.45) is 0 Å². The second kappa shape index (κ2) is 10.4. The number of anilines is 1. The highest BCUT2D eigenvalue weighted by atomic mass is 35.5. The molecular formula is C16H23Cl2F2N3OS. The van der Waals surface area contributed by atoms with Crippen molar-refractivity contribution in [1.82, 2.24) is 10.6 Å². The topological polar surface area (TPSA) is 44.4 Å². The third kappa shape index (κ3) is 5.88. The van der Waals surface area contributed by atoms with Crippen LogP contribution in [0.15, 0.2) is 18.2 Å². The first-order valence-electron chi connectivity index (χ1n) is 7.93. The van der Waals surface area contributed by atoms with E-state index < -0.39 is 11.6 Å². The van der Waals surface area contributed by atoms with E-state index in [1.54, 1.807) is 4.90 Å². The molecule has 2 saturated heterocycles. The van der Waals surface area contributed by atoms with Gasteiger partial charge in [-0.05, 0) is 18.6 Å². The zero-order chi connectivity index (χ0) is 16.2. The minimum Gasteiger partial charge on any atom is -0.365 e. The molecule has 1 amide bonds. The summed E-state index contributed by atoms with van der Waals surface area (Å²) < 4.78 is 27.6. The molecule has 25 heavy (non-hydrogen) atoms. The molecule has 0 aliphatic carbocycles. The first-order valence-corrected chi connectivity index (χ1v) is 9.08. The van der Waals surface area contributed by atoms with Gasteiger partial charge >= 0.3 is 0 Å². The van der Waals surface area contributed by atoms with E-state index in [0.29, 0.717) is 25.9 Å². The predicted octanol–water partition coefficient (Wildman–Crippen LogP) is 2.60. The molecular weight excluding hydrogens is 391 g/mol. The lowest BCUT2D eigenvalue weighted by molar-refractivity contribution is -0.122. The van der Waals surface area contributed by atoms with Crippen molar-refractivity contribution in [3.05, 3.63) is 29.8 Å². The van der Waals surface area contributed by atoms with E-state index in [1.807, 2.05) is 11.8 Å². The molecule has 1 aromatic carbocycles. The minimum absolute atomic E-state index is 0.